The summed E-state index contributed by atoms with van der Waals surface area (Å²) in [6, 6.07) is 1.53. The molecule has 2 atom stereocenters. The summed E-state index contributed by atoms with van der Waals surface area (Å²) in [5, 5.41) is 3.73. The van der Waals surface area contributed by atoms with E-state index in [2.05, 4.69) is 24.2 Å². The molecule has 2 fully saturated rings. The quantitative estimate of drug-likeness (QED) is 0.678. The Morgan fingerprint density at radius 1 is 1.33 bits per heavy atom. The summed E-state index contributed by atoms with van der Waals surface area (Å²) in [7, 11) is 2.21. The summed E-state index contributed by atoms with van der Waals surface area (Å²) in [5.41, 5.74) is 0. The highest BCUT2D eigenvalue weighted by atomic mass is 15.2. The average molecular weight is 168 g/mol. The van der Waals surface area contributed by atoms with Gasteiger partial charge in [0.25, 0.3) is 0 Å². The van der Waals surface area contributed by atoms with Crippen molar-refractivity contribution < 1.29 is 0 Å². The van der Waals surface area contributed by atoms with E-state index in [1.807, 2.05) is 0 Å². The summed E-state index contributed by atoms with van der Waals surface area (Å²) < 4.78 is 0. The number of nitrogens with one attached hydrogen (secondary N) is 1. The first-order chi connectivity index (χ1) is 5.75. The van der Waals surface area contributed by atoms with Gasteiger partial charge < -0.3 is 10.2 Å². The van der Waals surface area contributed by atoms with Crippen molar-refractivity contribution in [2.45, 2.75) is 38.3 Å². The third-order valence-electron chi connectivity index (χ3n) is 3.22. The van der Waals surface area contributed by atoms with E-state index in [9.17, 15) is 0 Å². The van der Waals surface area contributed by atoms with Gasteiger partial charge >= 0.3 is 0 Å². The number of likely N-dealkylation sites (N-methyl/N-ethyl adjacent to an activating group) is 1. The van der Waals surface area contributed by atoms with E-state index in [0.29, 0.717) is 0 Å². The van der Waals surface area contributed by atoms with Crippen LogP contribution in [0.3, 0.4) is 0 Å². The predicted molar refractivity (Wildman–Crippen MR) is 51.2 cm³/mol. The molecule has 2 nitrogen and oxygen atoms in total. The van der Waals surface area contributed by atoms with Gasteiger partial charge in [0.05, 0.1) is 0 Å². The second-order valence-corrected chi connectivity index (χ2v) is 4.54. The number of rotatable bonds is 3. The zero-order valence-electron chi connectivity index (χ0n) is 8.21. The summed E-state index contributed by atoms with van der Waals surface area (Å²) in [6.07, 6.45) is 4.25. The lowest BCUT2D eigenvalue weighted by Gasteiger charge is -2.18. The molecule has 2 heteroatoms. The molecule has 1 saturated heterocycles. The van der Waals surface area contributed by atoms with Crippen LogP contribution in [0.5, 0.6) is 0 Å². The highest BCUT2D eigenvalue weighted by molar-refractivity contribution is 4.88. The number of hydrogen-bond donors (Lipinski definition) is 1. The number of likely N-dealkylation sites (tertiary alicyclic amines) is 1. The Kier molecular flexibility index (Phi) is 2.37. The maximum atomic E-state index is 3.73. The molecule has 70 valence electrons. The molecule has 0 amide bonds. The van der Waals surface area contributed by atoms with Crippen LogP contribution < -0.4 is 5.32 Å². The van der Waals surface area contributed by atoms with E-state index in [1.165, 1.54) is 32.4 Å². The molecule has 0 bridgehead atoms. The summed E-state index contributed by atoms with van der Waals surface area (Å²) in [4.78, 5) is 2.41. The molecule has 0 aromatic heterocycles. The standard InChI is InChI=1S/C10H20N2/c1-8(9-3-4-9)11-10-5-6-12(2)7-10/h8-11H,3-7H2,1-2H3/t8?,10-/m0/s1. The van der Waals surface area contributed by atoms with Crippen LogP contribution in [0.25, 0.3) is 0 Å². The molecule has 1 N–H and O–H groups in total. The highest BCUT2D eigenvalue weighted by Gasteiger charge is 2.30. The maximum absolute atomic E-state index is 3.73. The molecule has 1 saturated carbocycles. The van der Waals surface area contributed by atoms with Gasteiger partial charge in [-0.15, -0.1) is 0 Å². The minimum Gasteiger partial charge on any atom is -0.310 e. The Labute approximate surface area is 75.3 Å². The topological polar surface area (TPSA) is 15.3 Å². The summed E-state index contributed by atoms with van der Waals surface area (Å²) in [6.45, 7) is 4.86. The van der Waals surface area contributed by atoms with Gasteiger partial charge in [0.15, 0.2) is 0 Å². The Bertz CT molecular complexity index is 154. The van der Waals surface area contributed by atoms with E-state index in [1.54, 1.807) is 0 Å². The van der Waals surface area contributed by atoms with Crippen LogP contribution in [0.1, 0.15) is 26.2 Å². The smallest absolute Gasteiger partial charge is 0.0209 e. The van der Waals surface area contributed by atoms with Crippen LogP contribution in [0.4, 0.5) is 0 Å². The molecule has 0 spiro atoms. The van der Waals surface area contributed by atoms with E-state index in [0.717, 1.165) is 18.0 Å². The fraction of sp³-hybridized carbons (Fsp3) is 1.00. The third-order valence-corrected chi connectivity index (χ3v) is 3.22. The predicted octanol–water partition coefficient (Wildman–Crippen LogP) is 1.08. The molecule has 1 unspecified atom stereocenters. The first-order valence-corrected chi connectivity index (χ1v) is 5.20. The van der Waals surface area contributed by atoms with Crippen molar-refractivity contribution in [3.63, 3.8) is 0 Å². The molecule has 1 heterocycles. The van der Waals surface area contributed by atoms with Crippen molar-refractivity contribution in [3.05, 3.63) is 0 Å². The van der Waals surface area contributed by atoms with Crippen molar-refractivity contribution >= 4 is 0 Å². The summed E-state index contributed by atoms with van der Waals surface area (Å²) in [5.74, 6) is 0.996. The van der Waals surface area contributed by atoms with Crippen LogP contribution in [0.2, 0.25) is 0 Å². The Morgan fingerprint density at radius 3 is 2.58 bits per heavy atom. The zero-order chi connectivity index (χ0) is 8.55. The van der Waals surface area contributed by atoms with E-state index in [4.69, 9.17) is 0 Å². The molecular formula is C10H20N2. The molecule has 1 aliphatic carbocycles. The monoisotopic (exact) mass is 168 g/mol. The van der Waals surface area contributed by atoms with Gasteiger partial charge in [-0.25, -0.2) is 0 Å². The second kappa shape index (κ2) is 3.35. The van der Waals surface area contributed by atoms with Gasteiger partial charge in [-0.1, -0.05) is 0 Å². The van der Waals surface area contributed by atoms with E-state index >= 15 is 0 Å². The Hall–Kier alpha value is -0.0800. The van der Waals surface area contributed by atoms with E-state index < -0.39 is 0 Å². The molecular weight excluding hydrogens is 148 g/mol. The zero-order valence-corrected chi connectivity index (χ0v) is 8.21. The Balaban J connectivity index is 1.71. The lowest BCUT2D eigenvalue weighted by atomic mass is 10.1. The van der Waals surface area contributed by atoms with Crippen molar-refractivity contribution in [1.82, 2.24) is 10.2 Å². The number of nitrogens with zero attached hydrogens (tertiary/aromatic N) is 1. The molecule has 2 rings (SSSR count). The van der Waals surface area contributed by atoms with E-state index in [-0.39, 0.29) is 0 Å². The molecule has 2 aliphatic rings. The lowest BCUT2D eigenvalue weighted by Crippen LogP contribution is -2.39. The van der Waals surface area contributed by atoms with Crippen LogP contribution in [0.15, 0.2) is 0 Å². The van der Waals surface area contributed by atoms with Gasteiger partial charge in [0.1, 0.15) is 0 Å². The van der Waals surface area contributed by atoms with Crippen LogP contribution in [-0.4, -0.2) is 37.1 Å². The molecule has 1 aliphatic heterocycles. The van der Waals surface area contributed by atoms with Gasteiger partial charge in [0.2, 0.25) is 0 Å². The largest absolute Gasteiger partial charge is 0.310 e. The van der Waals surface area contributed by atoms with Gasteiger partial charge in [-0.05, 0) is 45.7 Å². The molecule has 0 aromatic carbocycles. The molecule has 12 heavy (non-hydrogen) atoms. The highest BCUT2D eigenvalue weighted by Crippen LogP contribution is 2.32. The van der Waals surface area contributed by atoms with Crippen molar-refractivity contribution in [1.29, 1.82) is 0 Å². The average Bonchev–Trinajstić information content (AvgIpc) is 2.78. The Morgan fingerprint density at radius 2 is 2.08 bits per heavy atom. The number of hydrogen-bond acceptors (Lipinski definition) is 2. The first-order valence-electron chi connectivity index (χ1n) is 5.20. The van der Waals surface area contributed by atoms with Crippen LogP contribution in [-0.2, 0) is 0 Å². The lowest BCUT2D eigenvalue weighted by molar-refractivity contribution is 0.375. The third kappa shape index (κ3) is 1.99. The van der Waals surface area contributed by atoms with Crippen molar-refractivity contribution in [2.75, 3.05) is 20.1 Å². The van der Waals surface area contributed by atoms with Crippen molar-refractivity contribution in [3.8, 4) is 0 Å². The second-order valence-electron chi connectivity index (χ2n) is 4.54. The van der Waals surface area contributed by atoms with Gasteiger partial charge in [0, 0.05) is 18.6 Å². The van der Waals surface area contributed by atoms with Gasteiger partial charge in [-0.3, -0.25) is 0 Å². The SMILES string of the molecule is CC(N[C@H]1CCN(C)C1)C1CC1. The molecule has 0 aromatic rings. The minimum absolute atomic E-state index is 0.765. The maximum Gasteiger partial charge on any atom is 0.0209 e. The van der Waals surface area contributed by atoms with Crippen molar-refractivity contribution in [2.24, 2.45) is 5.92 Å². The fourth-order valence-electron chi connectivity index (χ4n) is 2.18. The summed E-state index contributed by atoms with van der Waals surface area (Å²) >= 11 is 0. The first kappa shape index (κ1) is 8.52. The minimum atomic E-state index is 0.765. The fourth-order valence-corrected chi connectivity index (χ4v) is 2.18. The van der Waals surface area contributed by atoms with Crippen LogP contribution in [0, 0.1) is 5.92 Å². The normalized spacial score (nSPS) is 34.0. The van der Waals surface area contributed by atoms with Gasteiger partial charge in [-0.2, -0.15) is 0 Å². The van der Waals surface area contributed by atoms with Crippen LogP contribution >= 0.6 is 0 Å². The molecule has 0 radical (unpaired) electrons.